The summed E-state index contributed by atoms with van der Waals surface area (Å²) in [5, 5.41) is 8.25. The first-order chi connectivity index (χ1) is 4.79. The standard InChI is InChI=1S/C6H7NO3/c8-6(9)2-1-5-3-10-4-7-5/h3-4H,1-2H2,(H,8,9). The summed E-state index contributed by atoms with van der Waals surface area (Å²) < 4.78 is 4.64. The Morgan fingerprint density at radius 3 is 3.10 bits per heavy atom. The van der Waals surface area contributed by atoms with E-state index < -0.39 is 5.97 Å². The van der Waals surface area contributed by atoms with Crippen LogP contribution in [0, 0.1) is 0 Å². The van der Waals surface area contributed by atoms with Crippen LogP contribution in [0.5, 0.6) is 0 Å². The molecule has 1 rings (SSSR count). The summed E-state index contributed by atoms with van der Waals surface area (Å²) in [6, 6.07) is 0. The van der Waals surface area contributed by atoms with E-state index in [2.05, 4.69) is 9.40 Å². The third kappa shape index (κ3) is 1.89. The molecule has 10 heavy (non-hydrogen) atoms. The highest BCUT2D eigenvalue weighted by Crippen LogP contribution is 1.97. The molecule has 0 aliphatic carbocycles. The van der Waals surface area contributed by atoms with Crippen molar-refractivity contribution in [3.63, 3.8) is 0 Å². The van der Waals surface area contributed by atoms with Crippen molar-refractivity contribution in [3.05, 3.63) is 18.4 Å². The summed E-state index contributed by atoms with van der Waals surface area (Å²) in [5.41, 5.74) is 0.683. The van der Waals surface area contributed by atoms with Gasteiger partial charge in [0.2, 0.25) is 0 Å². The number of hydrogen-bond acceptors (Lipinski definition) is 3. The lowest BCUT2D eigenvalue weighted by Crippen LogP contribution is -1.97. The van der Waals surface area contributed by atoms with Gasteiger partial charge in [0.1, 0.15) is 6.26 Å². The zero-order chi connectivity index (χ0) is 7.40. The van der Waals surface area contributed by atoms with Crippen LogP contribution in [0.1, 0.15) is 12.1 Å². The van der Waals surface area contributed by atoms with Gasteiger partial charge in [0.15, 0.2) is 6.39 Å². The molecule has 0 spiro atoms. The average Bonchev–Trinajstić information content (AvgIpc) is 2.34. The van der Waals surface area contributed by atoms with Gasteiger partial charge in [0.05, 0.1) is 12.1 Å². The van der Waals surface area contributed by atoms with Crippen LogP contribution in [0.2, 0.25) is 0 Å². The highest BCUT2D eigenvalue weighted by molar-refractivity contribution is 5.66. The number of aliphatic carboxylic acids is 1. The predicted octanol–water partition coefficient (Wildman–Crippen LogP) is 0.692. The first kappa shape index (κ1) is 6.80. The monoisotopic (exact) mass is 141 g/mol. The van der Waals surface area contributed by atoms with Crippen LogP contribution in [0.4, 0.5) is 0 Å². The van der Waals surface area contributed by atoms with Crippen LogP contribution in [-0.4, -0.2) is 16.1 Å². The van der Waals surface area contributed by atoms with Gasteiger partial charge in [-0.25, -0.2) is 4.98 Å². The lowest BCUT2D eigenvalue weighted by Gasteiger charge is -1.87. The van der Waals surface area contributed by atoms with Crippen molar-refractivity contribution in [1.82, 2.24) is 4.98 Å². The van der Waals surface area contributed by atoms with E-state index in [1.54, 1.807) is 0 Å². The smallest absolute Gasteiger partial charge is 0.303 e. The molecule has 0 atom stereocenters. The van der Waals surface area contributed by atoms with E-state index in [9.17, 15) is 4.79 Å². The second-order valence-electron chi connectivity index (χ2n) is 1.87. The molecule has 1 aromatic heterocycles. The quantitative estimate of drug-likeness (QED) is 0.672. The minimum atomic E-state index is -0.817. The molecule has 0 fully saturated rings. The number of nitrogens with zero attached hydrogens (tertiary/aromatic N) is 1. The molecule has 1 heterocycles. The van der Waals surface area contributed by atoms with E-state index in [1.165, 1.54) is 12.7 Å². The Labute approximate surface area is 57.5 Å². The molecule has 0 aliphatic heterocycles. The molecule has 4 nitrogen and oxygen atoms in total. The van der Waals surface area contributed by atoms with Crippen LogP contribution in [0.25, 0.3) is 0 Å². The van der Waals surface area contributed by atoms with Gasteiger partial charge in [-0.15, -0.1) is 0 Å². The Kier molecular flexibility index (Phi) is 2.04. The molecule has 0 amide bonds. The SMILES string of the molecule is O=C(O)CCc1cocn1. The molecule has 4 heteroatoms. The Morgan fingerprint density at radius 1 is 1.80 bits per heavy atom. The van der Waals surface area contributed by atoms with E-state index in [0.29, 0.717) is 12.1 Å². The van der Waals surface area contributed by atoms with Crippen molar-refractivity contribution in [3.8, 4) is 0 Å². The van der Waals surface area contributed by atoms with E-state index in [4.69, 9.17) is 5.11 Å². The molecular weight excluding hydrogens is 134 g/mol. The summed E-state index contributed by atoms with van der Waals surface area (Å²) in [4.78, 5) is 13.8. The third-order valence-corrected chi connectivity index (χ3v) is 1.08. The normalized spacial score (nSPS) is 9.60. The number of oxazole rings is 1. The first-order valence-electron chi connectivity index (χ1n) is 2.88. The van der Waals surface area contributed by atoms with Crippen molar-refractivity contribution < 1.29 is 14.3 Å². The molecule has 54 valence electrons. The van der Waals surface area contributed by atoms with Gasteiger partial charge >= 0.3 is 5.97 Å². The number of rotatable bonds is 3. The van der Waals surface area contributed by atoms with Crippen LogP contribution in [-0.2, 0) is 11.2 Å². The Balaban J connectivity index is 2.35. The summed E-state index contributed by atoms with van der Waals surface area (Å²) >= 11 is 0. The molecule has 0 aromatic carbocycles. The van der Waals surface area contributed by atoms with E-state index in [-0.39, 0.29) is 6.42 Å². The minimum Gasteiger partial charge on any atom is -0.481 e. The van der Waals surface area contributed by atoms with Crippen molar-refractivity contribution in [1.29, 1.82) is 0 Å². The maximum atomic E-state index is 10.0. The molecule has 1 N–H and O–H groups in total. The van der Waals surface area contributed by atoms with Crippen molar-refractivity contribution in [2.75, 3.05) is 0 Å². The third-order valence-electron chi connectivity index (χ3n) is 1.08. The van der Waals surface area contributed by atoms with Crippen molar-refractivity contribution >= 4 is 5.97 Å². The van der Waals surface area contributed by atoms with E-state index >= 15 is 0 Å². The maximum Gasteiger partial charge on any atom is 0.303 e. The molecule has 0 unspecified atom stereocenters. The summed E-state index contributed by atoms with van der Waals surface area (Å²) in [6.45, 7) is 0. The van der Waals surface area contributed by atoms with Gasteiger partial charge in [-0.1, -0.05) is 0 Å². The van der Waals surface area contributed by atoms with Crippen molar-refractivity contribution in [2.24, 2.45) is 0 Å². The number of aromatic nitrogens is 1. The van der Waals surface area contributed by atoms with Gasteiger partial charge in [0, 0.05) is 6.42 Å². The van der Waals surface area contributed by atoms with Crippen LogP contribution < -0.4 is 0 Å². The first-order valence-corrected chi connectivity index (χ1v) is 2.88. The molecular formula is C6H7NO3. The Bertz CT molecular complexity index is 205. The molecule has 0 aliphatic rings. The maximum absolute atomic E-state index is 10.0. The van der Waals surface area contributed by atoms with Gasteiger partial charge in [-0.05, 0) is 0 Å². The molecule has 1 aromatic rings. The number of carboxylic acid groups (broad SMARTS) is 1. The Morgan fingerprint density at radius 2 is 2.60 bits per heavy atom. The summed E-state index contributed by atoms with van der Waals surface area (Å²) in [7, 11) is 0. The summed E-state index contributed by atoms with van der Waals surface area (Å²) in [6.07, 6.45) is 3.28. The fourth-order valence-corrected chi connectivity index (χ4v) is 0.596. The number of carboxylic acids is 1. The number of hydrogen-bond donors (Lipinski definition) is 1. The topological polar surface area (TPSA) is 63.3 Å². The minimum absolute atomic E-state index is 0.104. The van der Waals surface area contributed by atoms with Crippen LogP contribution in [0.15, 0.2) is 17.1 Å². The average molecular weight is 141 g/mol. The summed E-state index contributed by atoms with van der Waals surface area (Å²) in [5.74, 6) is -0.817. The van der Waals surface area contributed by atoms with Gasteiger partial charge in [-0.2, -0.15) is 0 Å². The predicted molar refractivity (Wildman–Crippen MR) is 32.5 cm³/mol. The fourth-order valence-electron chi connectivity index (χ4n) is 0.596. The van der Waals surface area contributed by atoms with Crippen LogP contribution in [0.3, 0.4) is 0 Å². The molecule has 0 radical (unpaired) electrons. The van der Waals surface area contributed by atoms with Gasteiger partial charge in [-0.3, -0.25) is 4.79 Å². The molecule has 0 saturated heterocycles. The molecule has 0 saturated carbocycles. The van der Waals surface area contributed by atoms with Gasteiger partial charge < -0.3 is 9.52 Å². The van der Waals surface area contributed by atoms with E-state index in [1.807, 2.05) is 0 Å². The largest absolute Gasteiger partial charge is 0.481 e. The zero-order valence-corrected chi connectivity index (χ0v) is 5.28. The molecule has 0 bridgehead atoms. The van der Waals surface area contributed by atoms with E-state index in [0.717, 1.165) is 0 Å². The Hall–Kier alpha value is -1.32. The lowest BCUT2D eigenvalue weighted by atomic mass is 10.2. The number of aryl methyl sites for hydroxylation is 1. The fraction of sp³-hybridized carbons (Fsp3) is 0.333. The van der Waals surface area contributed by atoms with Crippen LogP contribution >= 0.6 is 0 Å². The highest BCUT2D eigenvalue weighted by atomic mass is 16.4. The lowest BCUT2D eigenvalue weighted by molar-refractivity contribution is -0.136. The highest BCUT2D eigenvalue weighted by Gasteiger charge is 1.99. The second-order valence-corrected chi connectivity index (χ2v) is 1.87. The van der Waals surface area contributed by atoms with Crippen molar-refractivity contribution in [2.45, 2.75) is 12.8 Å². The number of carbonyl (C=O) groups is 1. The van der Waals surface area contributed by atoms with Gasteiger partial charge in [0.25, 0.3) is 0 Å². The zero-order valence-electron chi connectivity index (χ0n) is 5.28. The second kappa shape index (κ2) is 3.00.